The maximum Gasteiger partial charge on any atom is 0.326 e. The van der Waals surface area contributed by atoms with Crippen molar-refractivity contribution in [2.45, 2.75) is 33.7 Å². The van der Waals surface area contributed by atoms with Gasteiger partial charge in [0.05, 0.1) is 4.88 Å². The second-order valence-corrected chi connectivity index (χ2v) is 7.22. The molecule has 1 unspecified atom stereocenters. The monoisotopic (exact) mass is 305 g/mol. The van der Waals surface area contributed by atoms with Crippen molar-refractivity contribution in [3.63, 3.8) is 0 Å². The van der Waals surface area contributed by atoms with Gasteiger partial charge in [-0.05, 0) is 29.4 Å². The number of thiophene rings is 1. The predicted molar refractivity (Wildman–Crippen MR) is 84.9 cm³/mol. The van der Waals surface area contributed by atoms with E-state index in [-0.39, 0.29) is 5.91 Å². The van der Waals surface area contributed by atoms with E-state index in [1.807, 2.05) is 31.2 Å². The molecule has 4 nitrogen and oxygen atoms in total. The third kappa shape index (κ3) is 3.08. The molecule has 0 saturated heterocycles. The lowest BCUT2D eigenvalue weighted by Crippen LogP contribution is -2.49. The van der Waals surface area contributed by atoms with E-state index in [1.165, 1.54) is 11.3 Å². The molecular weight excluding hydrogens is 286 g/mol. The van der Waals surface area contributed by atoms with Crippen LogP contribution < -0.4 is 5.32 Å². The summed E-state index contributed by atoms with van der Waals surface area (Å²) in [5, 5.41) is 13.0. The highest BCUT2D eigenvalue weighted by Gasteiger charge is 2.33. The van der Waals surface area contributed by atoms with Gasteiger partial charge in [-0.1, -0.05) is 39.0 Å². The molecule has 0 spiro atoms. The van der Waals surface area contributed by atoms with Crippen molar-refractivity contribution in [2.24, 2.45) is 5.41 Å². The summed E-state index contributed by atoms with van der Waals surface area (Å²) in [6.45, 7) is 7.28. The number of benzene rings is 1. The topological polar surface area (TPSA) is 66.4 Å². The summed E-state index contributed by atoms with van der Waals surface area (Å²) in [6, 6.07) is 6.86. The van der Waals surface area contributed by atoms with E-state index in [0.29, 0.717) is 4.88 Å². The lowest BCUT2D eigenvalue weighted by Gasteiger charge is -2.27. The van der Waals surface area contributed by atoms with Gasteiger partial charge in [0.1, 0.15) is 6.04 Å². The smallest absolute Gasteiger partial charge is 0.326 e. The van der Waals surface area contributed by atoms with Gasteiger partial charge in [0.2, 0.25) is 0 Å². The average molecular weight is 305 g/mol. The van der Waals surface area contributed by atoms with Crippen LogP contribution in [0.15, 0.2) is 24.3 Å². The number of carboxylic acids is 1. The number of hydrogen-bond acceptors (Lipinski definition) is 3. The molecule has 2 aromatic rings. The van der Waals surface area contributed by atoms with Crippen LogP contribution in [0, 0.1) is 12.3 Å². The fourth-order valence-corrected chi connectivity index (χ4v) is 3.35. The molecule has 21 heavy (non-hydrogen) atoms. The quantitative estimate of drug-likeness (QED) is 0.913. The Kier molecular flexibility index (Phi) is 4.05. The highest BCUT2D eigenvalue weighted by molar-refractivity contribution is 7.21. The maximum atomic E-state index is 12.4. The van der Waals surface area contributed by atoms with E-state index < -0.39 is 17.4 Å². The average Bonchev–Trinajstić information content (AvgIpc) is 2.72. The number of hydrogen-bond donors (Lipinski definition) is 2. The lowest BCUT2D eigenvalue weighted by molar-refractivity contribution is -0.142. The molecule has 112 valence electrons. The minimum Gasteiger partial charge on any atom is -0.480 e. The number of fused-ring (bicyclic) bond motifs is 1. The van der Waals surface area contributed by atoms with Crippen LogP contribution in [0.4, 0.5) is 0 Å². The normalized spacial score (nSPS) is 13.1. The Morgan fingerprint density at radius 2 is 1.86 bits per heavy atom. The third-order valence-corrected chi connectivity index (χ3v) is 4.71. The largest absolute Gasteiger partial charge is 0.480 e. The van der Waals surface area contributed by atoms with Crippen molar-refractivity contribution in [2.75, 3.05) is 0 Å². The lowest BCUT2D eigenvalue weighted by atomic mass is 9.86. The van der Waals surface area contributed by atoms with E-state index >= 15 is 0 Å². The second-order valence-electron chi connectivity index (χ2n) is 6.16. The molecule has 1 aromatic carbocycles. The van der Waals surface area contributed by atoms with E-state index in [0.717, 1.165) is 15.6 Å². The SMILES string of the molecule is Cc1c(C(=O)NC(C(=O)O)C(C)(C)C)sc2ccccc12. The highest BCUT2D eigenvalue weighted by Crippen LogP contribution is 2.31. The van der Waals surface area contributed by atoms with Crippen molar-refractivity contribution < 1.29 is 14.7 Å². The molecule has 1 amide bonds. The fourth-order valence-electron chi connectivity index (χ4n) is 2.24. The van der Waals surface area contributed by atoms with Crippen molar-refractivity contribution in [3.05, 3.63) is 34.7 Å². The van der Waals surface area contributed by atoms with Gasteiger partial charge in [0, 0.05) is 4.70 Å². The van der Waals surface area contributed by atoms with Gasteiger partial charge in [0.25, 0.3) is 5.91 Å². The number of rotatable bonds is 3. The van der Waals surface area contributed by atoms with Crippen LogP contribution >= 0.6 is 11.3 Å². The molecule has 1 atom stereocenters. The van der Waals surface area contributed by atoms with Gasteiger partial charge >= 0.3 is 5.97 Å². The summed E-state index contributed by atoms with van der Waals surface area (Å²) in [7, 11) is 0. The Balaban J connectivity index is 2.34. The van der Waals surface area contributed by atoms with Crippen molar-refractivity contribution >= 4 is 33.3 Å². The fraction of sp³-hybridized carbons (Fsp3) is 0.375. The van der Waals surface area contributed by atoms with E-state index in [2.05, 4.69) is 5.32 Å². The van der Waals surface area contributed by atoms with Crippen LogP contribution in [-0.4, -0.2) is 23.0 Å². The van der Waals surface area contributed by atoms with Gasteiger partial charge in [-0.15, -0.1) is 11.3 Å². The molecule has 5 heteroatoms. The summed E-state index contributed by atoms with van der Waals surface area (Å²) in [4.78, 5) is 24.4. The number of aliphatic carboxylic acids is 1. The minimum atomic E-state index is -1.02. The Bertz CT molecular complexity index is 697. The highest BCUT2D eigenvalue weighted by atomic mass is 32.1. The standard InChI is InChI=1S/C16H19NO3S/c1-9-10-7-5-6-8-11(10)21-12(9)14(18)17-13(15(19)20)16(2,3)4/h5-8,13H,1-4H3,(H,17,18)(H,19,20). The summed E-state index contributed by atoms with van der Waals surface area (Å²) < 4.78 is 1.03. The number of carbonyl (C=O) groups excluding carboxylic acids is 1. The van der Waals surface area contributed by atoms with E-state index in [9.17, 15) is 14.7 Å². The first kappa shape index (κ1) is 15.5. The minimum absolute atomic E-state index is 0.323. The second kappa shape index (κ2) is 5.48. The molecule has 0 aliphatic heterocycles. The molecule has 0 saturated carbocycles. The zero-order chi connectivity index (χ0) is 15.8. The van der Waals surface area contributed by atoms with Crippen molar-refractivity contribution in [3.8, 4) is 0 Å². The number of nitrogens with one attached hydrogen (secondary N) is 1. The first-order valence-electron chi connectivity index (χ1n) is 6.73. The summed E-state index contributed by atoms with van der Waals surface area (Å²) in [5.41, 5.74) is 0.345. The van der Waals surface area contributed by atoms with E-state index in [1.54, 1.807) is 20.8 Å². The molecule has 0 aliphatic carbocycles. The first-order valence-corrected chi connectivity index (χ1v) is 7.55. The van der Waals surface area contributed by atoms with E-state index in [4.69, 9.17) is 0 Å². The summed E-state index contributed by atoms with van der Waals surface area (Å²) in [5.74, 6) is -1.34. The summed E-state index contributed by atoms with van der Waals surface area (Å²) in [6.07, 6.45) is 0. The molecule has 0 aliphatic rings. The molecule has 1 aromatic heterocycles. The predicted octanol–water partition coefficient (Wildman–Crippen LogP) is 3.44. The molecular formula is C16H19NO3S. The van der Waals surface area contributed by atoms with Crippen LogP contribution in [0.3, 0.4) is 0 Å². The molecule has 1 heterocycles. The van der Waals surface area contributed by atoms with Crippen LogP contribution in [0.2, 0.25) is 0 Å². The molecule has 2 N–H and O–H groups in total. The zero-order valence-electron chi connectivity index (χ0n) is 12.6. The van der Waals surface area contributed by atoms with Crippen LogP contribution in [0.1, 0.15) is 36.0 Å². The number of carbonyl (C=O) groups is 2. The van der Waals surface area contributed by atoms with Crippen molar-refractivity contribution in [1.82, 2.24) is 5.32 Å². The Labute approximate surface area is 127 Å². The first-order chi connectivity index (χ1) is 9.71. The van der Waals surface area contributed by atoms with Crippen LogP contribution in [0.5, 0.6) is 0 Å². The molecule has 2 rings (SSSR count). The van der Waals surface area contributed by atoms with Crippen LogP contribution in [0.25, 0.3) is 10.1 Å². The number of aryl methyl sites for hydroxylation is 1. The molecule has 0 radical (unpaired) electrons. The Hall–Kier alpha value is -1.88. The Morgan fingerprint density at radius 1 is 1.24 bits per heavy atom. The number of carboxylic acid groups (broad SMARTS) is 1. The van der Waals surface area contributed by atoms with Crippen LogP contribution in [-0.2, 0) is 4.79 Å². The van der Waals surface area contributed by atoms with Gasteiger partial charge < -0.3 is 10.4 Å². The van der Waals surface area contributed by atoms with Crippen molar-refractivity contribution in [1.29, 1.82) is 0 Å². The number of amides is 1. The summed E-state index contributed by atoms with van der Waals surface area (Å²) >= 11 is 1.39. The van der Waals surface area contributed by atoms with Gasteiger partial charge in [-0.25, -0.2) is 4.79 Å². The van der Waals surface area contributed by atoms with Gasteiger partial charge in [0.15, 0.2) is 0 Å². The third-order valence-electron chi connectivity index (χ3n) is 3.44. The maximum absolute atomic E-state index is 12.4. The zero-order valence-corrected chi connectivity index (χ0v) is 13.4. The molecule has 0 bridgehead atoms. The van der Waals surface area contributed by atoms with Gasteiger partial charge in [-0.2, -0.15) is 0 Å². The van der Waals surface area contributed by atoms with Gasteiger partial charge in [-0.3, -0.25) is 4.79 Å². The Morgan fingerprint density at radius 3 is 2.38 bits per heavy atom. The molecule has 0 fully saturated rings.